The molecule has 1 atom stereocenters. The van der Waals surface area contributed by atoms with E-state index in [-0.39, 0.29) is 0 Å². The van der Waals surface area contributed by atoms with E-state index in [1.165, 1.54) is 61.5 Å². The smallest absolute Gasteiger partial charge is 0.199 e. The normalized spacial score (nSPS) is 22.5. The van der Waals surface area contributed by atoms with E-state index in [9.17, 15) is 0 Å². The molecule has 2 aliphatic heterocycles. The van der Waals surface area contributed by atoms with Crippen molar-refractivity contribution in [1.82, 2.24) is 5.32 Å². The first-order valence-electron chi connectivity index (χ1n) is 9.97. The Hall–Kier alpha value is -1.44. The van der Waals surface area contributed by atoms with Crippen LogP contribution < -0.4 is 5.32 Å². The van der Waals surface area contributed by atoms with E-state index in [0.717, 1.165) is 5.92 Å². The van der Waals surface area contributed by atoms with Gasteiger partial charge in [-0.25, -0.2) is 0 Å². The van der Waals surface area contributed by atoms with Crippen LogP contribution in [0.1, 0.15) is 69.6 Å². The summed E-state index contributed by atoms with van der Waals surface area (Å²) >= 11 is 0. The zero-order valence-electron chi connectivity index (χ0n) is 15.7. The summed E-state index contributed by atoms with van der Waals surface area (Å²) in [5, 5.41) is 3.89. The van der Waals surface area contributed by atoms with Gasteiger partial charge in [0, 0.05) is 11.6 Å². The molecule has 2 heterocycles. The van der Waals surface area contributed by atoms with E-state index in [1.807, 2.05) is 13.8 Å². The van der Waals surface area contributed by atoms with Crippen LogP contribution in [0.3, 0.4) is 0 Å². The van der Waals surface area contributed by atoms with Gasteiger partial charge in [-0.05, 0) is 55.1 Å². The molecule has 0 radical (unpaired) electrons. The molecule has 1 aromatic rings. The molecule has 1 unspecified atom stereocenters. The van der Waals surface area contributed by atoms with Crippen molar-refractivity contribution >= 4 is 12.3 Å². The highest BCUT2D eigenvalue weighted by Crippen LogP contribution is 2.35. The molecule has 0 amide bonds. The molecule has 1 aromatic carbocycles. The van der Waals surface area contributed by atoms with E-state index in [0.29, 0.717) is 12.7 Å². The van der Waals surface area contributed by atoms with Gasteiger partial charge in [0.25, 0.3) is 0 Å². The van der Waals surface area contributed by atoms with Crippen LogP contribution in [0.5, 0.6) is 0 Å². The van der Waals surface area contributed by atoms with Crippen molar-refractivity contribution in [3.05, 3.63) is 53.1 Å². The summed E-state index contributed by atoms with van der Waals surface area (Å²) in [5.74, 6) is 4.02. The fourth-order valence-electron chi connectivity index (χ4n) is 4.73. The first-order chi connectivity index (χ1) is 11.7. The zero-order chi connectivity index (χ0) is 17.1. The van der Waals surface area contributed by atoms with Gasteiger partial charge in [0.1, 0.15) is 0 Å². The van der Waals surface area contributed by atoms with Gasteiger partial charge in [0.15, 0.2) is 6.71 Å². The average Bonchev–Trinajstić information content (AvgIpc) is 3.04. The van der Waals surface area contributed by atoms with Gasteiger partial charge in [-0.15, -0.1) is 0 Å². The fraction of sp³-hybridized carbons (Fsp3) is 0.545. The average molecular weight is 321 g/mol. The molecule has 1 fully saturated rings. The van der Waals surface area contributed by atoms with Crippen molar-refractivity contribution in [3.8, 4) is 0 Å². The van der Waals surface area contributed by atoms with Crippen molar-refractivity contribution in [3.63, 3.8) is 0 Å². The Morgan fingerprint density at radius 2 is 1.92 bits per heavy atom. The summed E-state index contributed by atoms with van der Waals surface area (Å²) in [7, 11) is 0. The number of nitrogens with one attached hydrogen (secondary N) is 1. The number of hydrogen-bond acceptors (Lipinski definition) is 1. The molecule has 1 N–H and O–H groups in total. The molecule has 1 saturated carbocycles. The lowest BCUT2D eigenvalue weighted by Gasteiger charge is -2.29. The Morgan fingerprint density at radius 1 is 1.17 bits per heavy atom. The highest BCUT2D eigenvalue weighted by atomic mass is 14.9. The summed E-state index contributed by atoms with van der Waals surface area (Å²) in [6.07, 6.45) is 9.41. The minimum absolute atomic E-state index is 0.629. The van der Waals surface area contributed by atoms with Gasteiger partial charge < -0.3 is 5.32 Å². The van der Waals surface area contributed by atoms with Gasteiger partial charge in [-0.3, -0.25) is 0 Å². The Kier molecular flexibility index (Phi) is 5.53. The van der Waals surface area contributed by atoms with Gasteiger partial charge in [-0.1, -0.05) is 69.4 Å². The summed E-state index contributed by atoms with van der Waals surface area (Å²) in [6.45, 7) is 11.0. The molecule has 0 spiro atoms. The number of fused-ring (bicyclic) bond motifs is 2. The van der Waals surface area contributed by atoms with Crippen LogP contribution in [0, 0.1) is 5.92 Å². The van der Waals surface area contributed by atoms with E-state index in [4.69, 9.17) is 0 Å². The molecular formula is C22H32BN. The lowest BCUT2D eigenvalue weighted by atomic mass is 9.39. The lowest BCUT2D eigenvalue weighted by molar-refractivity contribution is 0.386. The van der Waals surface area contributed by atoms with E-state index in [2.05, 4.69) is 43.0 Å². The number of benzene rings is 1. The molecule has 2 heteroatoms. The summed E-state index contributed by atoms with van der Waals surface area (Å²) < 4.78 is 0. The molecule has 4 rings (SSSR count). The summed E-state index contributed by atoms with van der Waals surface area (Å²) in [4.78, 5) is 0. The van der Waals surface area contributed by atoms with Crippen molar-refractivity contribution < 1.29 is 0 Å². The van der Waals surface area contributed by atoms with Gasteiger partial charge in [0.2, 0.25) is 0 Å². The van der Waals surface area contributed by atoms with Crippen molar-refractivity contribution in [2.45, 2.75) is 71.6 Å². The van der Waals surface area contributed by atoms with E-state index >= 15 is 0 Å². The number of rotatable bonds is 2. The molecule has 1 nitrogen and oxygen atoms in total. The molecule has 128 valence electrons. The second kappa shape index (κ2) is 7.63. The predicted molar refractivity (Wildman–Crippen MR) is 107 cm³/mol. The molecular weight excluding hydrogens is 289 g/mol. The fourth-order valence-corrected chi connectivity index (χ4v) is 4.73. The van der Waals surface area contributed by atoms with Gasteiger partial charge >= 0.3 is 0 Å². The summed E-state index contributed by atoms with van der Waals surface area (Å²) in [5.41, 5.74) is 7.25. The van der Waals surface area contributed by atoms with Crippen LogP contribution in [-0.2, 0) is 12.7 Å². The molecule has 0 bridgehead atoms. The SMILES string of the molecule is C=C(C)c1cccc2c1CB1C=C(C3CCCCC3)NC1C2.CC. The Morgan fingerprint density at radius 3 is 2.62 bits per heavy atom. The summed E-state index contributed by atoms with van der Waals surface area (Å²) in [6, 6.07) is 6.77. The minimum Gasteiger partial charge on any atom is -0.393 e. The van der Waals surface area contributed by atoms with Crippen molar-refractivity contribution in [2.75, 3.05) is 0 Å². The molecule has 3 aliphatic rings. The molecule has 1 aliphatic carbocycles. The third-order valence-electron chi connectivity index (χ3n) is 5.92. The Balaban J connectivity index is 0.000000815. The Bertz CT molecular complexity index is 625. The van der Waals surface area contributed by atoms with Gasteiger partial charge in [-0.2, -0.15) is 0 Å². The minimum atomic E-state index is 0.629. The topological polar surface area (TPSA) is 12.0 Å². The zero-order valence-corrected chi connectivity index (χ0v) is 15.7. The third kappa shape index (κ3) is 3.34. The maximum absolute atomic E-state index is 4.18. The van der Waals surface area contributed by atoms with E-state index < -0.39 is 0 Å². The second-order valence-corrected chi connectivity index (χ2v) is 7.50. The van der Waals surface area contributed by atoms with Crippen molar-refractivity contribution in [2.24, 2.45) is 5.92 Å². The van der Waals surface area contributed by atoms with Gasteiger partial charge in [0.05, 0.1) is 0 Å². The highest BCUT2D eigenvalue weighted by molar-refractivity contribution is 6.67. The first kappa shape index (κ1) is 17.4. The third-order valence-corrected chi connectivity index (χ3v) is 5.92. The van der Waals surface area contributed by atoms with Crippen LogP contribution >= 0.6 is 0 Å². The Labute approximate surface area is 148 Å². The van der Waals surface area contributed by atoms with Crippen molar-refractivity contribution in [1.29, 1.82) is 0 Å². The lowest BCUT2D eigenvalue weighted by Crippen LogP contribution is -2.43. The van der Waals surface area contributed by atoms with Crippen LogP contribution in [-0.4, -0.2) is 12.7 Å². The number of allylic oxidation sites excluding steroid dienone is 2. The maximum Gasteiger partial charge on any atom is 0.199 e. The maximum atomic E-state index is 4.18. The largest absolute Gasteiger partial charge is 0.393 e. The van der Waals surface area contributed by atoms with Crippen LogP contribution in [0.25, 0.3) is 5.57 Å². The highest BCUT2D eigenvalue weighted by Gasteiger charge is 2.37. The first-order valence-corrected chi connectivity index (χ1v) is 9.97. The molecule has 0 saturated heterocycles. The molecule has 0 aromatic heterocycles. The monoisotopic (exact) mass is 321 g/mol. The van der Waals surface area contributed by atoms with Crippen LogP contribution in [0.2, 0.25) is 0 Å². The number of hydrogen-bond donors (Lipinski definition) is 1. The van der Waals surface area contributed by atoms with Crippen LogP contribution in [0.4, 0.5) is 0 Å². The van der Waals surface area contributed by atoms with Crippen LogP contribution in [0.15, 0.2) is 36.5 Å². The predicted octanol–water partition coefficient (Wildman–Crippen LogP) is 5.39. The van der Waals surface area contributed by atoms with E-state index in [1.54, 1.807) is 11.3 Å². The standard InChI is InChI=1S/C20H26BN.C2H6/c1-14(2)17-10-6-9-16-11-20-21(12-18(16)17)13-19(22-20)15-7-4-3-5-8-15;1-2/h6,9-10,13,15,20,22H,1,3-5,7-8,11-12H2,2H3;1-2H3. The second-order valence-electron chi connectivity index (χ2n) is 7.50. The molecule has 24 heavy (non-hydrogen) atoms. The quantitative estimate of drug-likeness (QED) is 0.720.